The zero-order valence-electron chi connectivity index (χ0n) is 8.98. The van der Waals surface area contributed by atoms with Crippen LogP contribution in [-0.4, -0.2) is 29.8 Å². The van der Waals surface area contributed by atoms with E-state index in [1.165, 1.54) is 0 Å². The molecule has 1 rings (SSSR count). The van der Waals surface area contributed by atoms with Crippen LogP contribution in [0.3, 0.4) is 0 Å². The van der Waals surface area contributed by atoms with Gasteiger partial charge < -0.3 is 15.7 Å². The highest BCUT2D eigenvalue weighted by Gasteiger charge is 2.08. The number of aromatic nitrogens is 1. The monoisotopic (exact) mass is 207 g/mol. The Morgan fingerprint density at radius 2 is 2.40 bits per heavy atom. The second kappa shape index (κ2) is 5.36. The van der Waals surface area contributed by atoms with Gasteiger partial charge in [-0.3, -0.25) is 0 Å². The molecule has 82 valence electrons. The van der Waals surface area contributed by atoms with Gasteiger partial charge in [-0.1, -0.05) is 6.08 Å². The van der Waals surface area contributed by atoms with Crippen molar-refractivity contribution in [1.82, 2.24) is 4.98 Å². The first-order valence-electron chi connectivity index (χ1n) is 4.88. The quantitative estimate of drug-likeness (QED) is 0.706. The number of hydrogen-bond donors (Lipinski definition) is 2. The minimum atomic E-state index is 0.0966. The van der Waals surface area contributed by atoms with Gasteiger partial charge in [-0.15, -0.1) is 6.58 Å². The van der Waals surface area contributed by atoms with Crippen LogP contribution in [0.25, 0.3) is 0 Å². The van der Waals surface area contributed by atoms with Gasteiger partial charge in [0.05, 0.1) is 18.5 Å². The molecule has 1 aromatic rings. The van der Waals surface area contributed by atoms with Crippen molar-refractivity contribution in [3.05, 3.63) is 30.5 Å². The predicted molar refractivity (Wildman–Crippen MR) is 62.9 cm³/mol. The van der Waals surface area contributed by atoms with Crippen LogP contribution in [0.5, 0.6) is 0 Å². The van der Waals surface area contributed by atoms with E-state index in [1.54, 1.807) is 12.3 Å². The largest absolute Gasteiger partial charge is 0.397 e. The molecular formula is C11H17N3O. The lowest BCUT2D eigenvalue weighted by Gasteiger charge is -2.22. The number of pyridine rings is 1. The standard InChI is InChI=1S/C11H17N3O/c1-3-4-14(5-6-15)11-9(2)7-10(12)8-13-11/h3,7-8,15H,1,4-6,12H2,2H3. The maximum atomic E-state index is 8.94. The summed E-state index contributed by atoms with van der Waals surface area (Å²) in [7, 11) is 0. The first kappa shape index (κ1) is 11.5. The second-order valence-electron chi connectivity index (χ2n) is 3.37. The van der Waals surface area contributed by atoms with Crippen LogP contribution in [0.4, 0.5) is 11.5 Å². The Kier molecular flexibility index (Phi) is 4.12. The van der Waals surface area contributed by atoms with Gasteiger partial charge in [-0.05, 0) is 18.6 Å². The summed E-state index contributed by atoms with van der Waals surface area (Å²) < 4.78 is 0. The lowest BCUT2D eigenvalue weighted by Crippen LogP contribution is -2.28. The number of nitrogen functional groups attached to an aromatic ring is 1. The third kappa shape index (κ3) is 2.95. The van der Waals surface area contributed by atoms with E-state index in [0.29, 0.717) is 18.8 Å². The number of hydrogen-bond acceptors (Lipinski definition) is 4. The third-order valence-corrected chi connectivity index (χ3v) is 2.09. The van der Waals surface area contributed by atoms with Crippen LogP contribution in [-0.2, 0) is 0 Å². The fourth-order valence-corrected chi connectivity index (χ4v) is 1.48. The molecule has 0 radical (unpaired) electrons. The van der Waals surface area contributed by atoms with Gasteiger partial charge in [0, 0.05) is 13.1 Å². The molecule has 0 aliphatic carbocycles. The molecule has 4 nitrogen and oxygen atoms in total. The van der Waals surface area contributed by atoms with Crippen molar-refractivity contribution in [1.29, 1.82) is 0 Å². The number of anilines is 2. The summed E-state index contributed by atoms with van der Waals surface area (Å²) in [6, 6.07) is 1.87. The summed E-state index contributed by atoms with van der Waals surface area (Å²) >= 11 is 0. The molecule has 1 aromatic heterocycles. The summed E-state index contributed by atoms with van der Waals surface area (Å²) in [5, 5.41) is 8.94. The Balaban J connectivity index is 2.94. The van der Waals surface area contributed by atoms with Gasteiger partial charge in [0.25, 0.3) is 0 Å². The zero-order chi connectivity index (χ0) is 11.3. The third-order valence-electron chi connectivity index (χ3n) is 2.09. The van der Waals surface area contributed by atoms with Gasteiger partial charge in [-0.2, -0.15) is 0 Å². The molecular weight excluding hydrogens is 190 g/mol. The topological polar surface area (TPSA) is 62.4 Å². The van der Waals surface area contributed by atoms with Crippen molar-refractivity contribution in [2.24, 2.45) is 0 Å². The Bertz CT molecular complexity index is 339. The van der Waals surface area contributed by atoms with Crippen LogP contribution >= 0.6 is 0 Å². The van der Waals surface area contributed by atoms with E-state index in [1.807, 2.05) is 17.9 Å². The number of nitrogens with zero attached hydrogens (tertiary/aromatic N) is 2. The molecule has 0 saturated carbocycles. The Labute approximate surface area is 90.0 Å². The van der Waals surface area contributed by atoms with Gasteiger partial charge >= 0.3 is 0 Å². The molecule has 0 fully saturated rings. The maximum absolute atomic E-state index is 8.94. The minimum Gasteiger partial charge on any atom is -0.397 e. The average molecular weight is 207 g/mol. The average Bonchev–Trinajstić information content (AvgIpc) is 2.17. The number of aliphatic hydroxyl groups excluding tert-OH is 1. The molecule has 0 atom stereocenters. The molecule has 0 amide bonds. The molecule has 0 spiro atoms. The van der Waals surface area contributed by atoms with E-state index in [-0.39, 0.29) is 6.61 Å². The highest BCUT2D eigenvalue weighted by molar-refractivity contribution is 5.52. The van der Waals surface area contributed by atoms with Gasteiger partial charge in [0.1, 0.15) is 5.82 Å². The lowest BCUT2D eigenvalue weighted by molar-refractivity contribution is 0.302. The first-order valence-corrected chi connectivity index (χ1v) is 4.88. The van der Waals surface area contributed by atoms with Crippen molar-refractivity contribution in [2.75, 3.05) is 30.3 Å². The van der Waals surface area contributed by atoms with Gasteiger partial charge in [0.15, 0.2) is 0 Å². The molecule has 0 unspecified atom stereocenters. The van der Waals surface area contributed by atoms with E-state index < -0.39 is 0 Å². The molecule has 0 aliphatic rings. The second-order valence-corrected chi connectivity index (χ2v) is 3.37. The number of rotatable bonds is 5. The summed E-state index contributed by atoms with van der Waals surface area (Å²) in [5.74, 6) is 0.846. The fraction of sp³-hybridized carbons (Fsp3) is 0.364. The van der Waals surface area contributed by atoms with E-state index in [2.05, 4.69) is 11.6 Å². The smallest absolute Gasteiger partial charge is 0.131 e. The van der Waals surface area contributed by atoms with E-state index in [9.17, 15) is 0 Å². The number of nitrogens with two attached hydrogens (primary N) is 1. The number of aliphatic hydroxyl groups is 1. The van der Waals surface area contributed by atoms with Crippen LogP contribution < -0.4 is 10.6 Å². The van der Waals surface area contributed by atoms with Crippen LogP contribution in [0, 0.1) is 6.92 Å². The molecule has 0 aromatic carbocycles. The Morgan fingerprint density at radius 1 is 1.67 bits per heavy atom. The number of aryl methyl sites for hydroxylation is 1. The van der Waals surface area contributed by atoms with Gasteiger partial charge in [-0.25, -0.2) is 4.98 Å². The van der Waals surface area contributed by atoms with Crippen molar-refractivity contribution < 1.29 is 5.11 Å². The van der Waals surface area contributed by atoms with Crippen LogP contribution in [0.2, 0.25) is 0 Å². The van der Waals surface area contributed by atoms with Crippen molar-refractivity contribution in [3.8, 4) is 0 Å². The minimum absolute atomic E-state index is 0.0966. The van der Waals surface area contributed by atoms with Crippen molar-refractivity contribution in [3.63, 3.8) is 0 Å². The summed E-state index contributed by atoms with van der Waals surface area (Å²) in [4.78, 5) is 6.22. The first-order chi connectivity index (χ1) is 7.19. The molecule has 0 saturated heterocycles. The normalized spacial score (nSPS) is 10.0. The fourth-order valence-electron chi connectivity index (χ4n) is 1.48. The Hall–Kier alpha value is -1.55. The summed E-state index contributed by atoms with van der Waals surface area (Å²) in [5.41, 5.74) is 7.28. The van der Waals surface area contributed by atoms with Crippen LogP contribution in [0.15, 0.2) is 24.9 Å². The molecule has 15 heavy (non-hydrogen) atoms. The molecule has 0 aliphatic heterocycles. The van der Waals surface area contributed by atoms with Crippen molar-refractivity contribution >= 4 is 11.5 Å². The Morgan fingerprint density at radius 3 is 2.93 bits per heavy atom. The zero-order valence-corrected chi connectivity index (χ0v) is 8.98. The molecule has 1 heterocycles. The van der Waals surface area contributed by atoms with E-state index in [4.69, 9.17) is 10.8 Å². The molecule has 3 N–H and O–H groups in total. The highest BCUT2D eigenvalue weighted by Crippen LogP contribution is 2.18. The van der Waals surface area contributed by atoms with E-state index in [0.717, 1.165) is 11.4 Å². The summed E-state index contributed by atoms with van der Waals surface area (Å²) in [6.45, 7) is 6.94. The van der Waals surface area contributed by atoms with Crippen LogP contribution in [0.1, 0.15) is 5.56 Å². The van der Waals surface area contributed by atoms with E-state index >= 15 is 0 Å². The highest BCUT2D eigenvalue weighted by atomic mass is 16.3. The lowest BCUT2D eigenvalue weighted by atomic mass is 10.2. The predicted octanol–water partition coefficient (Wildman–Crippen LogP) is 0.957. The summed E-state index contributed by atoms with van der Waals surface area (Å²) in [6.07, 6.45) is 3.41. The van der Waals surface area contributed by atoms with Gasteiger partial charge in [0.2, 0.25) is 0 Å². The molecule has 0 bridgehead atoms. The SMILES string of the molecule is C=CCN(CCO)c1ncc(N)cc1C. The van der Waals surface area contributed by atoms with Crippen molar-refractivity contribution in [2.45, 2.75) is 6.92 Å². The maximum Gasteiger partial charge on any atom is 0.131 e. The molecule has 4 heteroatoms.